The number of carbonyl (C=O) groups excluding carboxylic acids is 2. The van der Waals surface area contributed by atoms with Crippen molar-refractivity contribution in [3.05, 3.63) is 42.1 Å². The van der Waals surface area contributed by atoms with Crippen LogP contribution in [0.4, 0.5) is 0 Å². The lowest BCUT2D eigenvalue weighted by molar-refractivity contribution is -0.126. The van der Waals surface area contributed by atoms with Crippen molar-refractivity contribution >= 4 is 22.7 Å². The summed E-state index contributed by atoms with van der Waals surface area (Å²) in [4.78, 5) is 27.7. The second-order valence-electron chi connectivity index (χ2n) is 6.29. The van der Waals surface area contributed by atoms with Crippen LogP contribution in [0.3, 0.4) is 0 Å². The Labute approximate surface area is 147 Å². The summed E-state index contributed by atoms with van der Waals surface area (Å²) in [5.41, 5.74) is 2.18. The van der Waals surface area contributed by atoms with E-state index < -0.39 is 0 Å². The van der Waals surface area contributed by atoms with Gasteiger partial charge in [-0.1, -0.05) is 25.1 Å². The summed E-state index contributed by atoms with van der Waals surface area (Å²) in [6.07, 6.45) is 3.01. The molecule has 3 rings (SSSR count). The van der Waals surface area contributed by atoms with Crippen molar-refractivity contribution in [2.45, 2.75) is 25.8 Å². The number of hydrogen-bond donors (Lipinski definition) is 2. The number of ether oxygens (including phenoxy) is 1. The number of hydrogen-bond acceptors (Lipinski definition) is 4. The number of para-hydroxylation sites is 1. The monoisotopic (exact) mass is 341 g/mol. The van der Waals surface area contributed by atoms with Crippen LogP contribution >= 0.6 is 0 Å². The SMILES string of the molecule is CCC(=O)NCC(=O)N[C@H]1COC[C@H]1Cc1ccnc2ccccc12. The van der Waals surface area contributed by atoms with E-state index in [-0.39, 0.29) is 30.3 Å². The summed E-state index contributed by atoms with van der Waals surface area (Å²) in [5.74, 6) is -0.101. The molecule has 2 heterocycles. The number of fused-ring (bicyclic) bond motifs is 1. The number of carbonyl (C=O) groups is 2. The van der Waals surface area contributed by atoms with Crippen molar-refractivity contribution in [3.63, 3.8) is 0 Å². The van der Waals surface area contributed by atoms with E-state index in [2.05, 4.69) is 21.7 Å². The van der Waals surface area contributed by atoms with Gasteiger partial charge in [0.2, 0.25) is 11.8 Å². The highest BCUT2D eigenvalue weighted by Crippen LogP contribution is 2.24. The zero-order valence-electron chi connectivity index (χ0n) is 14.3. The van der Waals surface area contributed by atoms with Gasteiger partial charge >= 0.3 is 0 Å². The summed E-state index contributed by atoms with van der Waals surface area (Å²) in [5, 5.41) is 6.71. The first-order valence-electron chi connectivity index (χ1n) is 8.63. The zero-order valence-corrected chi connectivity index (χ0v) is 14.3. The van der Waals surface area contributed by atoms with Crippen LogP contribution in [0.5, 0.6) is 0 Å². The van der Waals surface area contributed by atoms with E-state index in [9.17, 15) is 9.59 Å². The van der Waals surface area contributed by atoms with Gasteiger partial charge in [-0.05, 0) is 24.1 Å². The predicted molar refractivity (Wildman–Crippen MR) is 95.0 cm³/mol. The second kappa shape index (κ2) is 8.07. The molecule has 6 heteroatoms. The van der Waals surface area contributed by atoms with E-state index in [1.54, 1.807) is 6.92 Å². The lowest BCUT2D eigenvalue weighted by atomic mass is 9.93. The van der Waals surface area contributed by atoms with Gasteiger partial charge in [-0.25, -0.2) is 0 Å². The summed E-state index contributed by atoms with van der Waals surface area (Å²) in [6.45, 7) is 2.88. The zero-order chi connectivity index (χ0) is 17.6. The first-order valence-corrected chi connectivity index (χ1v) is 8.63. The van der Waals surface area contributed by atoms with Crippen molar-refractivity contribution < 1.29 is 14.3 Å². The lowest BCUT2D eigenvalue weighted by Crippen LogP contribution is -2.45. The Bertz CT molecular complexity index is 757. The first-order chi connectivity index (χ1) is 12.2. The van der Waals surface area contributed by atoms with E-state index in [1.165, 1.54) is 5.56 Å². The number of amides is 2. The molecule has 6 nitrogen and oxygen atoms in total. The first kappa shape index (κ1) is 17.4. The van der Waals surface area contributed by atoms with E-state index in [4.69, 9.17) is 4.74 Å². The molecule has 2 amide bonds. The van der Waals surface area contributed by atoms with Crippen LogP contribution in [0, 0.1) is 5.92 Å². The molecule has 132 valence electrons. The molecule has 1 aromatic carbocycles. The molecule has 2 N–H and O–H groups in total. The topological polar surface area (TPSA) is 80.3 Å². The van der Waals surface area contributed by atoms with Gasteiger partial charge in [-0.15, -0.1) is 0 Å². The van der Waals surface area contributed by atoms with Crippen LogP contribution in [-0.4, -0.2) is 42.6 Å². The summed E-state index contributed by atoms with van der Waals surface area (Å²) < 4.78 is 5.58. The molecular weight excluding hydrogens is 318 g/mol. The van der Waals surface area contributed by atoms with Gasteiger partial charge in [0.05, 0.1) is 31.3 Å². The third-order valence-electron chi connectivity index (χ3n) is 4.53. The maximum atomic E-state index is 12.0. The minimum atomic E-state index is -0.179. The van der Waals surface area contributed by atoms with Crippen LogP contribution in [0.25, 0.3) is 10.9 Å². The number of pyridine rings is 1. The van der Waals surface area contributed by atoms with Crippen molar-refractivity contribution in [3.8, 4) is 0 Å². The van der Waals surface area contributed by atoms with Gasteiger partial charge < -0.3 is 15.4 Å². The van der Waals surface area contributed by atoms with Gasteiger partial charge in [0.25, 0.3) is 0 Å². The Kier molecular flexibility index (Phi) is 5.60. The van der Waals surface area contributed by atoms with E-state index >= 15 is 0 Å². The maximum Gasteiger partial charge on any atom is 0.239 e. The lowest BCUT2D eigenvalue weighted by Gasteiger charge is -2.20. The molecule has 2 aromatic rings. The Morgan fingerprint density at radius 1 is 1.20 bits per heavy atom. The molecule has 0 radical (unpaired) electrons. The summed E-state index contributed by atoms with van der Waals surface area (Å²) >= 11 is 0. The predicted octanol–water partition coefficient (Wildman–Crippen LogP) is 1.43. The van der Waals surface area contributed by atoms with E-state index in [0.29, 0.717) is 19.6 Å². The third-order valence-corrected chi connectivity index (χ3v) is 4.53. The molecule has 1 saturated heterocycles. The molecule has 0 spiro atoms. The number of nitrogens with one attached hydrogen (secondary N) is 2. The van der Waals surface area contributed by atoms with Crippen LogP contribution in [0.1, 0.15) is 18.9 Å². The summed E-state index contributed by atoms with van der Waals surface area (Å²) in [6, 6.07) is 10.0. The Morgan fingerprint density at radius 3 is 2.88 bits per heavy atom. The average molecular weight is 341 g/mol. The third kappa shape index (κ3) is 4.33. The van der Waals surface area contributed by atoms with Crippen LogP contribution < -0.4 is 10.6 Å². The van der Waals surface area contributed by atoms with Crippen LogP contribution in [-0.2, 0) is 20.7 Å². The average Bonchev–Trinajstić information content (AvgIpc) is 3.06. The van der Waals surface area contributed by atoms with Crippen molar-refractivity contribution in [2.24, 2.45) is 5.92 Å². The minimum Gasteiger partial charge on any atom is -0.379 e. The smallest absolute Gasteiger partial charge is 0.239 e. The second-order valence-corrected chi connectivity index (χ2v) is 6.29. The van der Waals surface area contributed by atoms with E-state index in [0.717, 1.165) is 17.3 Å². The highest BCUT2D eigenvalue weighted by molar-refractivity contribution is 5.84. The highest BCUT2D eigenvalue weighted by atomic mass is 16.5. The van der Waals surface area contributed by atoms with Crippen molar-refractivity contribution in [1.82, 2.24) is 15.6 Å². The number of benzene rings is 1. The fourth-order valence-corrected chi connectivity index (χ4v) is 3.14. The molecule has 0 aliphatic carbocycles. The van der Waals surface area contributed by atoms with Crippen molar-refractivity contribution in [2.75, 3.05) is 19.8 Å². The molecule has 1 aliphatic heterocycles. The Balaban J connectivity index is 1.63. The van der Waals surface area contributed by atoms with Gasteiger partial charge in [0.15, 0.2) is 0 Å². The molecule has 0 saturated carbocycles. The van der Waals surface area contributed by atoms with Gasteiger partial charge in [-0.3, -0.25) is 14.6 Å². The molecule has 0 unspecified atom stereocenters. The fraction of sp³-hybridized carbons (Fsp3) is 0.421. The largest absolute Gasteiger partial charge is 0.379 e. The van der Waals surface area contributed by atoms with Crippen LogP contribution in [0.2, 0.25) is 0 Å². The molecule has 2 atom stereocenters. The minimum absolute atomic E-state index is 0.00802. The molecule has 0 bridgehead atoms. The Hall–Kier alpha value is -2.47. The molecule has 1 aliphatic rings. The Morgan fingerprint density at radius 2 is 2.04 bits per heavy atom. The molecule has 25 heavy (non-hydrogen) atoms. The molecule has 1 fully saturated rings. The number of nitrogens with zero attached hydrogens (tertiary/aromatic N) is 1. The van der Waals surface area contributed by atoms with Gasteiger partial charge in [0, 0.05) is 23.9 Å². The number of rotatable bonds is 6. The fourth-order valence-electron chi connectivity index (χ4n) is 3.14. The van der Waals surface area contributed by atoms with Crippen molar-refractivity contribution in [1.29, 1.82) is 0 Å². The maximum absolute atomic E-state index is 12.0. The van der Waals surface area contributed by atoms with Gasteiger partial charge in [0.1, 0.15) is 0 Å². The normalized spacial score (nSPS) is 19.7. The quantitative estimate of drug-likeness (QED) is 0.833. The van der Waals surface area contributed by atoms with Gasteiger partial charge in [-0.2, -0.15) is 0 Å². The number of aromatic nitrogens is 1. The molecular formula is C19H23N3O3. The van der Waals surface area contributed by atoms with E-state index in [1.807, 2.05) is 30.5 Å². The molecule has 1 aromatic heterocycles. The summed E-state index contributed by atoms with van der Waals surface area (Å²) in [7, 11) is 0. The highest BCUT2D eigenvalue weighted by Gasteiger charge is 2.30. The standard InChI is InChI=1S/C19H23N3O3/c1-2-18(23)21-10-19(24)22-17-12-25-11-14(17)9-13-7-8-20-16-6-4-3-5-15(13)16/h3-8,14,17H,2,9-12H2,1H3,(H,21,23)(H,22,24)/t14-,17+/m1/s1. The van der Waals surface area contributed by atoms with Crippen LogP contribution in [0.15, 0.2) is 36.5 Å².